The van der Waals surface area contributed by atoms with Gasteiger partial charge in [-0.15, -0.1) is 0 Å². The molecule has 2 aromatic rings. The molecular weight excluding hydrogens is 861 g/mol. The first kappa shape index (κ1) is 51.9. The first-order chi connectivity index (χ1) is 31.8. The third-order valence-corrected chi connectivity index (χ3v) is 13.0. The van der Waals surface area contributed by atoms with E-state index in [1.54, 1.807) is 63.2 Å². The second-order valence-corrected chi connectivity index (χ2v) is 19.1. The molecule has 0 unspecified atom stereocenters. The summed E-state index contributed by atoms with van der Waals surface area (Å²) in [5.74, 6) is -6.32. The summed E-state index contributed by atoms with van der Waals surface area (Å²) in [7, 11) is 0. The molecule has 5 rings (SSSR count). The predicted octanol–water partition coefficient (Wildman–Crippen LogP) is 1.21. The van der Waals surface area contributed by atoms with E-state index in [2.05, 4.69) is 31.9 Å². The van der Waals surface area contributed by atoms with Crippen LogP contribution in [-0.4, -0.2) is 135 Å². The van der Waals surface area contributed by atoms with E-state index in [-0.39, 0.29) is 56.9 Å². The minimum Gasteiger partial charge on any atom is -0.508 e. The Labute approximate surface area is 393 Å². The summed E-state index contributed by atoms with van der Waals surface area (Å²) in [6, 6.07) is 5.21. The maximum Gasteiger partial charge on any atom is 0.246 e. The average molecular weight is 931 g/mol. The van der Waals surface area contributed by atoms with Crippen LogP contribution in [-0.2, 0) is 51.2 Å². The van der Waals surface area contributed by atoms with Gasteiger partial charge in [-0.1, -0.05) is 90.4 Å². The number of rotatable bonds is 10. The third kappa shape index (κ3) is 13.5. The highest BCUT2D eigenvalue weighted by molar-refractivity contribution is 5.99. The molecule has 67 heavy (non-hydrogen) atoms. The molecule has 8 amide bonds. The van der Waals surface area contributed by atoms with Crippen molar-refractivity contribution in [2.24, 2.45) is 17.8 Å². The summed E-state index contributed by atoms with van der Waals surface area (Å²) in [4.78, 5) is 118. The van der Waals surface area contributed by atoms with Crippen LogP contribution >= 0.6 is 0 Å². The average Bonchev–Trinajstić information content (AvgIpc) is 3.99. The molecule has 18 heteroatoms. The van der Waals surface area contributed by atoms with Gasteiger partial charge < -0.3 is 51.9 Å². The molecule has 18 nitrogen and oxygen atoms in total. The number of amides is 8. The molecule has 10 atom stereocenters. The fourth-order valence-electron chi connectivity index (χ4n) is 8.98. The molecule has 3 saturated heterocycles. The first-order valence-electron chi connectivity index (χ1n) is 23.7. The quantitative estimate of drug-likeness (QED) is 0.169. The second-order valence-electron chi connectivity index (χ2n) is 19.1. The lowest BCUT2D eigenvalue weighted by atomic mass is 9.95. The number of aliphatic hydroxyl groups is 1. The smallest absolute Gasteiger partial charge is 0.246 e. The van der Waals surface area contributed by atoms with Gasteiger partial charge in [0.05, 0.1) is 6.10 Å². The lowest BCUT2D eigenvalue weighted by molar-refractivity contribution is -0.144. The van der Waals surface area contributed by atoms with Gasteiger partial charge in [-0.3, -0.25) is 38.4 Å². The van der Waals surface area contributed by atoms with E-state index in [0.29, 0.717) is 30.4 Å². The van der Waals surface area contributed by atoms with Crippen LogP contribution in [0, 0.1) is 17.8 Å². The molecule has 0 bridgehead atoms. The Hall–Kier alpha value is -6.04. The van der Waals surface area contributed by atoms with Gasteiger partial charge in [0.2, 0.25) is 47.3 Å². The Morgan fingerprint density at radius 3 is 1.60 bits per heavy atom. The largest absolute Gasteiger partial charge is 0.508 e. The lowest BCUT2D eigenvalue weighted by Crippen LogP contribution is -2.63. The number of nitrogens with zero attached hydrogens (tertiary/aromatic N) is 2. The minimum atomic E-state index is -1.58. The molecule has 8 N–H and O–H groups in total. The van der Waals surface area contributed by atoms with Crippen LogP contribution in [0.1, 0.15) is 98.1 Å². The van der Waals surface area contributed by atoms with Gasteiger partial charge >= 0.3 is 0 Å². The van der Waals surface area contributed by atoms with E-state index >= 15 is 0 Å². The molecule has 0 saturated carbocycles. The Bertz CT molecular complexity index is 2080. The number of phenols is 1. The highest BCUT2D eigenvalue weighted by Crippen LogP contribution is 2.24. The molecule has 3 aliphatic rings. The summed E-state index contributed by atoms with van der Waals surface area (Å²) in [6.07, 6.45) is 0.435. The number of aromatic hydroxyl groups is 1. The number of hydrogen-bond acceptors (Lipinski definition) is 10. The van der Waals surface area contributed by atoms with Crippen molar-refractivity contribution in [2.75, 3.05) is 13.1 Å². The Balaban J connectivity index is 1.58. The van der Waals surface area contributed by atoms with E-state index < -0.39 is 114 Å². The molecule has 3 heterocycles. The summed E-state index contributed by atoms with van der Waals surface area (Å²) >= 11 is 0. The molecule has 0 aromatic heterocycles. The third-order valence-electron chi connectivity index (χ3n) is 13.0. The number of phenolic OH excluding ortho intramolecular Hbond substituents is 1. The van der Waals surface area contributed by atoms with Crippen molar-refractivity contribution in [3.05, 3.63) is 65.7 Å². The van der Waals surface area contributed by atoms with Gasteiger partial charge in [0.1, 0.15) is 54.1 Å². The summed E-state index contributed by atoms with van der Waals surface area (Å²) < 4.78 is 0. The highest BCUT2D eigenvalue weighted by Gasteiger charge is 2.44. The normalized spacial score (nSPS) is 27.5. The maximum absolute atomic E-state index is 14.8. The van der Waals surface area contributed by atoms with Crippen molar-refractivity contribution >= 4 is 47.3 Å². The summed E-state index contributed by atoms with van der Waals surface area (Å²) in [5, 5.41) is 37.7. The van der Waals surface area contributed by atoms with E-state index in [1.807, 2.05) is 20.8 Å². The second kappa shape index (κ2) is 23.6. The molecule has 0 spiro atoms. The Kier molecular flexibility index (Phi) is 18.3. The van der Waals surface area contributed by atoms with Gasteiger partial charge in [-0.05, 0) is 80.0 Å². The zero-order chi connectivity index (χ0) is 49.1. The first-order valence-corrected chi connectivity index (χ1v) is 23.7. The number of fused-ring (bicyclic) bond motifs is 2. The minimum absolute atomic E-state index is 0.0161. The number of nitrogens with one attached hydrogen (secondary N) is 6. The van der Waals surface area contributed by atoms with Crippen LogP contribution in [0.5, 0.6) is 5.75 Å². The van der Waals surface area contributed by atoms with Crippen molar-refractivity contribution in [1.29, 1.82) is 0 Å². The van der Waals surface area contributed by atoms with Gasteiger partial charge in [0.25, 0.3) is 0 Å². The van der Waals surface area contributed by atoms with Crippen molar-refractivity contribution in [2.45, 2.75) is 154 Å². The summed E-state index contributed by atoms with van der Waals surface area (Å²) in [5.41, 5.74) is 1.21. The zero-order valence-corrected chi connectivity index (χ0v) is 39.8. The molecule has 3 fully saturated rings. The van der Waals surface area contributed by atoms with Gasteiger partial charge in [0.15, 0.2) is 0 Å². The van der Waals surface area contributed by atoms with Crippen molar-refractivity contribution in [3.63, 3.8) is 0 Å². The molecular formula is C49H70N8O10. The Morgan fingerprint density at radius 1 is 0.552 bits per heavy atom. The zero-order valence-electron chi connectivity index (χ0n) is 39.8. The fraction of sp³-hybridized carbons (Fsp3) is 0.592. The standard InChI is InChI=1S/C49H70N8O10/c1-8-29(6)40-46(64)53-39(28(4)5)49(67)57-23-13-17-38(57)45(63)55-41(30(7)58)47(65)51-35(25-31-14-10-9-11-15-31)42(60)52-36(26-32-18-20-33(59)21-19-32)48(66)56-22-12-16-37(56)44(62)50-34(24-27(2)3)43(61)54-40/h9-11,14-15,18-21,27-30,34-41,58-59H,8,12-13,16-17,22-26H2,1-7H3,(H,50,62)(H,51,65)(H,52,60)(H,53,64)(H,54,61)(H,55,63)/t29-,30+,34-,35-,36-,37-,38-,39-,40-,41+/m0/s1. The van der Waals surface area contributed by atoms with E-state index in [0.717, 1.165) is 0 Å². The monoisotopic (exact) mass is 931 g/mol. The molecule has 0 aliphatic carbocycles. The fourth-order valence-corrected chi connectivity index (χ4v) is 8.98. The number of carbonyl (C=O) groups excluding carboxylic acids is 8. The van der Waals surface area contributed by atoms with Crippen molar-refractivity contribution in [1.82, 2.24) is 41.7 Å². The Morgan fingerprint density at radius 2 is 1.03 bits per heavy atom. The van der Waals surface area contributed by atoms with Crippen molar-refractivity contribution in [3.8, 4) is 5.75 Å². The van der Waals surface area contributed by atoms with Crippen LogP contribution in [0.25, 0.3) is 0 Å². The topological polar surface area (TPSA) is 256 Å². The van der Waals surface area contributed by atoms with Gasteiger partial charge in [-0.25, -0.2) is 0 Å². The molecule has 2 aromatic carbocycles. The number of hydrogen-bond donors (Lipinski definition) is 8. The van der Waals surface area contributed by atoms with Crippen LogP contribution in [0.4, 0.5) is 0 Å². The van der Waals surface area contributed by atoms with Gasteiger partial charge in [-0.2, -0.15) is 0 Å². The van der Waals surface area contributed by atoms with Crippen LogP contribution < -0.4 is 31.9 Å². The highest BCUT2D eigenvalue weighted by atomic mass is 16.3. The molecule has 0 radical (unpaired) electrons. The van der Waals surface area contributed by atoms with Crippen molar-refractivity contribution < 1.29 is 48.6 Å². The number of carbonyl (C=O) groups is 8. The summed E-state index contributed by atoms with van der Waals surface area (Å²) in [6.45, 7) is 12.5. The van der Waals surface area contributed by atoms with E-state index in [9.17, 15) is 48.6 Å². The van der Waals surface area contributed by atoms with Crippen LogP contribution in [0.2, 0.25) is 0 Å². The number of aliphatic hydroxyl groups excluding tert-OH is 1. The maximum atomic E-state index is 14.8. The van der Waals surface area contributed by atoms with Crippen LogP contribution in [0.15, 0.2) is 54.6 Å². The lowest BCUT2D eigenvalue weighted by Gasteiger charge is -2.34. The van der Waals surface area contributed by atoms with E-state index in [4.69, 9.17) is 0 Å². The van der Waals surface area contributed by atoms with Gasteiger partial charge in [0, 0.05) is 25.9 Å². The molecule has 366 valence electrons. The number of benzene rings is 2. The SMILES string of the molecule is CC[C@H](C)[C@@H]1NC(=O)[C@H](CC(C)C)NC(=O)[C@@H]2CCCN2C(=O)[C@H](Cc2ccc(O)cc2)NC(=O)[C@H](Cc2ccccc2)NC(=O)[C@@H]([C@@H](C)O)NC(=O)[C@@H]2CCCN2C(=O)[C@H](C(C)C)NC1=O. The molecule has 3 aliphatic heterocycles. The van der Waals surface area contributed by atoms with Crippen LogP contribution in [0.3, 0.4) is 0 Å². The predicted molar refractivity (Wildman–Crippen MR) is 248 cm³/mol. The van der Waals surface area contributed by atoms with E-state index in [1.165, 1.54) is 28.9 Å².